The van der Waals surface area contributed by atoms with Crippen molar-refractivity contribution in [3.63, 3.8) is 0 Å². The molecular formula is C18H22F4N4O3. The molecule has 3 N–H and O–H groups in total. The van der Waals surface area contributed by atoms with E-state index in [2.05, 4.69) is 10.6 Å². The summed E-state index contributed by atoms with van der Waals surface area (Å²) < 4.78 is 50.7. The minimum absolute atomic E-state index is 0.0863. The van der Waals surface area contributed by atoms with Crippen LogP contribution < -0.4 is 16.0 Å². The molecule has 0 spiro atoms. The Bertz CT molecular complexity index is 777. The van der Waals surface area contributed by atoms with Crippen LogP contribution in [-0.4, -0.2) is 61.5 Å². The van der Waals surface area contributed by atoms with Gasteiger partial charge in [0, 0.05) is 29.9 Å². The number of hydrogen-bond donors (Lipinski definition) is 3. The van der Waals surface area contributed by atoms with Crippen molar-refractivity contribution in [3.8, 4) is 0 Å². The van der Waals surface area contributed by atoms with Gasteiger partial charge in [-0.2, -0.15) is 13.2 Å². The second kappa shape index (κ2) is 9.57. The number of halogens is 4. The van der Waals surface area contributed by atoms with Gasteiger partial charge in [-0.15, -0.1) is 0 Å². The van der Waals surface area contributed by atoms with Gasteiger partial charge in [-0.05, 0) is 31.9 Å². The molecule has 7 nitrogen and oxygen atoms in total. The molecule has 1 aromatic rings. The first-order valence-electron chi connectivity index (χ1n) is 9.00. The Balaban J connectivity index is 1.91. The molecule has 11 heteroatoms. The van der Waals surface area contributed by atoms with Gasteiger partial charge in [0.05, 0.1) is 13.1 Å². The number of amides is 3. The lowest BCUT2D eigenvalue weighted by molar-refractivity contribution is -0.131. The lowest BCUT2D eigenvalue weighted by atomic mass is 10.1. The number of likely N-dealkylation sites (tertiary alicyclic amines) is 1. The highest BCUT2D eigenvalue weighted by Gasteiger charge is 2.28. The summed E-state index contributed by atoms with van der Waals surface area (Å²) in [4.78, 5) is 37.3. The van der Waals surface area contributed by atoms with Gasteiger partial charge in [0.25, 0.3) is 5.91 Å². The zero-order chi connectivity index (χ0) is 21.6. The van der Waals surface area contributed by atoms with E-state index in [4.69, 9.17) is 0 Å². The van der Waals surface area contributed by atoms with Crippen LogP contribution in [0.4, 0.5) is 23.2 Å². The molecule has 1 aliphatic heterocycles. The van der Waals surface area contributed by atoms with Crippen LogP contribution in [0.5, 0.6) is 0 Å². The van der Waals surface area contributed by atoms with E-state index in [1.54, 1.807) is 10.2 Å². The number of rotatable bonds is 7. The van der Waals surface area contributed by atoms with E-state index < -0.39 is 30.4 Å². The monoisotopic (exact) mass is 418 g/mol. The van der Waals surface area contributed by atoms with E-state index in [9.17, 15) is 31.9 Å². The van der Waals surface area contributed by atoms with Gasteiger partial charge < -0.3 is 20.9 Å². The first-order chi connectivity index (χ1) is 13.6. The largest absolute Gasteiger partial charge is 0.405 e. The lowest BCUT2D eigenvalue weighted by Crippen LogP contribution is -2.40. The van der Waals surface area contributed by atoms with Crippen LogP contribution in [0.25, 0.3) is 0 Å². The summed E-state index contributed by atoms with van der Waals surface area (Å²) in [7, 11) is 0. The molecule has 0 atom stereocenters. The summed E-state index contributed by atoms with van der Waals surface area (Å²) in [6, 6.07) is 1.98. The predicted octanol–water partition coefficient (Wildman–Crippen LogP) is 1.58. The maximum atomic E-state index is 14.0. The van der Waals surface area contributed by atoms with Crippen LogP contribution in [-0.2, 0) is 9.59 Å². The van der Waals surface area contributed by atoms with Crippen molar-refractivity contribution in [1.29, 1.82) is 0 Å². The van der Waals surface area contributed by atoms with Crippen molar-refractivity contribution in [2.75, 3.05) is 38.0 Å². The minimum Gasteiger partial charge on any atom is -0.376 e. The number of carbonyl (C=O) groups excluding carboxylic acids is 3. The molecule has 0 bridgehead atoms. The van der Waals surface area contributed by atoms with Crippen molar-refractivity contribution < 1.29 is 31.9 Å². The van der Waals surface area contributed by atoms with Crippen LogP contribution in [0.3, 0.4) is 0 Å². The summed E-state index contributed by atoms with van der Waals surface area (Å²) >= 11 is 0. The molecule has 2 rings (SSSR count). The molecule has 1 aliphatic rings. The van der Waals surface area contributed by atoms with E-state index in [1.165, 1.54) is 6.92 Å². The molecule has 0 unspecified atom stereocenters. The third-order valence-corrected chi connectivity index (χ3v) is 4.39. The molecule has 0 aliphatic carbocycles. The first-order valence-corrected chi connectivity index (χ1v) is 9.00. The smallest absolute Gasteiger partial charge is 0.376 e. The third-order valence-electron chi connectivity index (χ3n) is 4.39. The van der Waals surface area contributed by atoms with Crippen LogP contribution >= 0.6 is 0 Å². The summed E-state index contributed by atoms with van der Waals surface area (Å²) in [6.07, 6.45) is -2.73. The van der Waals surface area contributed by atoms with Crippen molar-refractivity contribution in [2.24, 2.45) is 0 Å². The van der Waals surface area contributed by atoms with Crippen LogP contribution in [0, 0.1) is 12.7 Å². The number of carbonyl (C=O) groups is 3. The molecule has 3 amide bonds. The molecule has 160 valence electrons. The SMILES string of the molecule is Cc1c(F)cc(C(=O)NCC(F)(F)F)cc1NCC(=O)NCC(=O)N1CCCC1. The Morgan fingerprint density at radius 3 is 2.34 bits per heavy atom. The fourth-order valence-electron chi connectivity index (χ4n) is 2.77. The van der Waals surface area contributed by atoms with Crippen LogP contribution in [0.15, 0.2) is 12.1 Å². The second-order valence-electron chi connectivity index (χ2n) is 6.65. The molecule has 0 aromatic heterocycles. The van der Waals surface area contributed by atoms with Gasteiger partial charge in [0.1, 0.15) is 12.4 Å². The highest BCUT2D eigenvalue weighted by Crippen LogP contribution is 2.21. The van der Waals surface area contributed by atoms with Crippen LogP contribution in [0.1, 0.15) is 28.8 Å². The van der Waals surface area contributed by atoms with Gasteiger partial charge >= 0.3 is 6.18 Å². The van der Waals surface area contributed by atoms with E-state index >= 15 is 0 Å². The van der Waals surface area contributed by atoms with Crippen molar-refractivity contribution in [2.45, 2.75) is 25.9 Å². The van der Waals surface area contributed by atoms with E-state index in [0.717, 1.165) is 25.0 Å². The number of alkyl halides is 3. The van der Waals surface area contributed by atoms with Gasteiger partial charge in [-0.3, -0.25) is 14.4 Å². The van der Waals surface area contributed by atoms with E-state index in [0.29, 0.717) is 13.1 Å². The number of nitrogens with zero attached hydrogens (tertiary/aromatic N) is 1. The molecule has 1 aromatic carbocycles. The molecule has 1 fully saturated rings. The molecular weight excluding hydrogens is 396 g/mol. The van der Waals surface area contributed by atoms with E-state index in [1.807, 2.05) is 0 Å². The molecule has 0 radical (unpaired) electrons. The van der Waals surface area contributed by atoms with Gasteiger partial charge in [-0.1, -0.05) is 0 Å². The zero-order valence-corrected chi connectivity index (χ0v) is 15.8. The topological polar surface area (TPSA) is 90.5 Å². The van der Waals surface area contributed by atoms with Crippen molar-refractivity contribution in [1.82, 2.24) is 15.5 Å². The van der Waals surface area contributed by atoms with Gasteiger partial charge in [0.15, 0.2) is 0 Å². The fraction of sp³-hybridized carbons (Fsp3) is 0.500. The van der Waals surface area contributed by atoms with E-state index in [-0.39, 0.29) is 35.8 Å². The standard InChI is InChI=1S/C18H22F4N4O3/c1-11-13(19)6-12(17(29)25-10-18(20,21)22)7-14(11)23-8-15(27)24-9-16(28)26-4-2-3-5-26/h6-7,23H,2-5,8-10H2,1H3,(H,24,27)(H,25,29). The molecule has 1 saturated heterocycles. The maximum absolute atomic E-state index is 14.0. The maximum Gasteiger partial charge on any atom is 0.405 e. The number of benzene rings is 1. The Labute approximate surface area is 164 Å². The van der Waals surface area contributed by atoms with Crippen molar-refractivity contribution >= 4 is 23.4 Å². The fourth-order valence-corrected chi connectivity index (χ4v) is 2.77. The predicted molar refractivity (Wildman–Crippen MR) is 96.8 cm³/mol. The first kappa shape index (κ1) is 22.4. The number of hydrogen-bond acceptors (Lipinski definition) is 4. The highest BCUT2D eigenvalue weighted by molar-refractivity contribution is 5.95. The van der Waals surface area contributed by atoms with Crippen molar-refractivity contribution in [3.05, 3.63) is 29.1 Å². The number of anilines is 1. The quantitative estimate of drug-likeness (QED) is 0.587. The second-order valence-corrected chi connectivity index (χ2v) is 6.65. The Morgan fingerprint density at radius 2 is 1.72 bits per heavy atom. The Morgan fingerprint density at radius 1 is 1.07 bits per heavy atom. The summed E-state index contributed by atoms with van der Waals surface area (Å²) in [5.74, 6) is -2.62. The highest BCUT2D eigenvalue weighted by atomic mass is 19.4. The normalized spacial score (nSPS) is 13.9. The summed E-state index contributed by atoms with van der Waals surface area (Å²) in [6.45, 7) is 0.708. The molecule has 29 heavy (non-hydrogen) atoms. The lowest BCUT2D eigenvalue weighted by Gasteiger charge is -2.16. The average Bonchev–Trinajstić information content (AvgIpc) is 3.19. The summed E-state index contributed by atoms with van der Waals surface area (Å²) in [5, 5.41) is 6.74. The zero-order valence-electron chi connectivity index (χ0n) is 15.8. The van der Waals surface area contributed by atoms with Crippen LogP contribution in [0.2, 0.25) is 0 Å². The molecule has 0 saturated carbocycles. The average molecular weight is 418 g/mol. The number of nitrogens with one attached hydrogen (secondary N) is 3. The van der Waals surface area contributed by atoms with Gasteiger partial charge in [-0.25, -0.2) is 4.39 Å². The van der Waals surface area contributed by atoms with Gasteiger partial charge in [0.2, 0.25) is 11.8 Å². The Kier molecular flexibility index (Phi) is 7.40. The third kappa shape index (κ3) is 6.91. The summed E-state index contributed by atoms with van der Waals surface area (Å²) in [5.41, 5.74) is -0.133. The Hall–Kier alpha value is -2.85. The minimum atomic E-state index is -4.59. The molecule has 1 heterocycles.